The van der Waals surface area contributed by atoms with E-state index in [-0.39, 0.29) is 24.7 Å². The third-order valence-electron chi connectivity index (χ3n) is 2.18. The maximum Gasteiger partial charge on any atom is 0.342 e. The minimum atomic E-state index is -3.39. The van der Waals surface area contributed by atoms with Crippen molar-refractivity contribution >= 4 is 27.7 Å². The lowest BCUT2D eigenvalue weighted by Gasteiger charge is -2.22. The van der Waals surface area contributed by atoms with E-state index in [0.717, 1.165) is 9.21 Å². The van der Waals surface area contributed by atoms with Crippen LogP contribution >= 0.6 is 11.6 Å². The van der Waals surface area contributed by atoms with Crippen molar-refractivity contribution in [1.29, 1.82) is 0 Å². The highest BCUT2D eigenvalue weighted by atomic mass is 35.5. The summed E-state index contributed by atoms with van der Waals surface area (Å²) >= 11 is 5.40. The molecule has 8 nitrogen and oxygen atoms in total. The van der Waals surface area contributed by atoms with Crippen LogP contribution in [0.2, 0.25) is 0 Å². The van der Waals surface area contributed by atoms with E-state index in [2.05, 4.69) is 5.29 Å². The van der Waals surface area contributed by atoms with E-state index < -0.39 is 16.1 Å². The van der Waals surface area contributed by atoms with E-state index in [4.69, 9.17) is 11.6 Å². The second-order valence-electron chi connectivity index (χ2n) is 3.70. The Morgan fingerprint density at radius 2 is 1.78 bits per heavy atom. The van der Waals surface area contributed by atoms with Crippen molar-refractivity contribution in [3.05, 3.63) is 4.91 Å². The number of urea groups is 1. The number of alkyl halides is 1. The Bertz CT molecular complexity index is 387. The number of halogens is 1. The summed E-state index contributed by atoms with van der Waals surface area (Å²) in [5.41, 5.74) is 0. The summed E-state index contributed by atoms with van der Waals surface area (Å²) in [4.78, 5) is 23.1. The average molecular weight is 301 g/mol. The Hall–Kier alpha value is -0.930. The van der Waals surface area contributed by atoms with E-state index in [9.17, 15) is 18.1 Å². The lowest BCUT2D eigenvalue weighted by Crippen LogP contribution is -2.42. The third kappa shape index (κ3) is 5.15. The van der Waals surface area contributed by atoms with Crippen LogP contribution in [0.3, 0.4) is 0 Å². The summed E-state index contributed by atoms with van der Waals surface area (Å²) in [7, 11) is 0.817. The third-order valence-corrected chi connectivity index (χ3v) is 4.16. The fraction of sp³-hybridized carbons (Fsp3) is 0.875. The number of amides is 2. The number of carbonyl (C=O) groups excluding carboxylic acids is 1. The topological polar surface area (TPSA) is 90.4 Å². The van der Waals surface area contributed by atoms with Gasteiger partial charge in [0.25, 0.3) is 0 Å². The number of hydrogen-bond acceptors (Lipinski definition) is 5. The Balaban J connectivity index is 4.45. The minimum absolute atomic E-state index is 0.0192. The molecule has 106 valence electrons. The predicted octanol–water partition coefficient (Wildman–Crippen LogP) is 0.152. The zero-order valence-corrected chi connectivity index (χ0v) is 12.1. The van der Waals surface area contributed by atoms with Gasteiger partial charge in [0.15, 0.2) is 0 Å². The summed E-state index contributed by atoms with van der Waals surface area (Å²) in [6, 6.07) is -0.681. The fourth-order valence-electron chi connectivity index (χ4n) is 0.979. The van der Waals surface area contributed by atoms with Crippen molar-refractivity contribution in [1.82, 2.24) is 14.2 Å². The zero-order valence-electron chi connectivity index (χ0n) is 10.5. The molecule has 0 aliphatic carbocycles. The first kappa shape index (κ1) is 17.1. The molecule has 18 heavy (non-hydrogen) atoms. The Morgan fingerprint density at radius 3 is 2.17 bits per heavy atom. The normalized spacial score (nSPS) is 11.4. The molecule has 0 spiro atoms. The van der Waals surface area contributed by atoms with Crippen LogP contribution in [-0.2, 0) is 10.0 Å². The SMILES string of the molecule is CN(CCS(=O)(=O)N(C)C)C(=O)N(CCCl)N=O. The second-order valence-corrected chi connectivity index (χ2v) is 6.38. The molecule has 0 saturated heterocycles. The first-order chi connectivity index (χ1) is 8.26. The lowest BCUT2D eigenvalue weighted by molar-refractivity contribution is 0.169. The van der Waals surface area contributed by atoms with Gasteiger partial charge in [-0.3, -0.25) is 0 Å². The number of carbonyl (C=O) groups is 1. The maximum absolute atomic E-state index is 11.6. The van der Waals surface area contributed by atoms with E-state index in [1.54, 1.807) is 0 Å². The monoisotopic (exact) mass is 300 g/mol. The summed E-state index contributed by atoms with van der Waals surface area (Å²) in [6.07, 6.45) is 0. The van der Waals surface area contributed by atoms with E-state index in [1.807, 2.05) is 0 Å². The predicted molar refractivity (Wildman–Crippen MR) is 68.7 cm³/mol. The summed E-state index contributed by atoms with van der Waals surface area (Å²) in [5.74, 6) is -0.156. The van der Waals surface area contributed by atoms with Crippen LogP contribution < -0.4 is 0 Å². The van der Waals surface area contributed by atoms with Gasteiger partial charge in [-0.05, 0) is 0 Å². The number of sulfonamides is 1. The van der Waals surface area contributed by atoms with Gasteiger partial charge in [0, 0.05) is 33.6 Å². The number of hydrogen-bond donors (Lipinski definition) is 0. The van der Waals surface area contributed by atoms with Crippen molar-refractivity contribution < 1.29 is 13.2 Å². The molecule has 0 aromatic carbocycles. The molecule has 0 fully saturated rings. The van der Waals surface area contributed by atoms with Gasteiger partial charge in [0.1, 0.15) is 0 Å². The van der Waals surface area contributed by atoms with Crippen LogP contribution in [0.1, 0.15) is 0 Å². The number of nitroso groups, excluding NO2 is 1. The smallest absolute Gasteiger partial charge is 0.325 e. The zero-order chi connectivity index (χ0) is 14.3. The first-order valence-electron chi connectivity index (χ1n) is 5.08. The van der Waals surface area contributed by atoms with E-state index >= 15 is 0 Å². The number of nitrogens with zero attached hydrogens (tertiary/aromatic N) is 4. The summed E-state index contributed by atoms with van der Waals surface area (Å²) in [5, 5.41) is 3.17. The highest BCUT2D eigenvalue weighted by Crippen LogP contribution is 2.01. The largest absolute Gasteiger partial charge is 0.342 e. The Kier molecular flexibility index (Phi) is 7.11. The van der Waals surface area contributed by atoms with Gasteiger partial charge in [0.05, 0.1) is 17.6 Å². The molecule has 0 aliphatic rings. The molecule has 0 heterocycles. The highest BCUT2D eigenvalue weighted by Gasteiger charge is 2.21. The van der Waals surface area contributed by atoms with Crippen LogP contribution in [0.5, 0.6) is 0 Å². The second kappa shape index (κ2) is 7.49. The minimum Gasteiger partial charge on any atom is -0.325 e. The van der Waals surface area contributed by atoms with Crippen LogP contribution in [-0.4, -0.2) is 74.5 Å². The molecule has 0 rings (SSSR count). The Morgan fingerprint density at radius 1 is 1.22 bits per heavy atom. The Labute approximate surface area is 111 Å². The molecule has 0 aromatic heterocycles. The lowest BCUT2D eigenvalue weighted by atomic mass is 10.6. The maximum atomic E-state index is 11.6. The molecule has 0 bridgehead atoms. The van der Waals surface area contributed by atoms with Gasteiger partial charge < -0.3 is 4.90 Å². The van der Waals surface area contributed by atoms with Gasteiger partial charge in [-0.2, -0.15) is 5.01 Å². The van der Waals surface area contributed by atoms with Crippen LogP contribution in [0.4, 0.5) is 4.79 Å². The molecule has 0 N–H and O–H groups in total. The first-order valence-corrected chi connectivity index (χ1v) is 7.22. The summed E-state index contributed by atoms with van der Waals surface area (Å²) < 4.78 is 24.1. The van der Waals surface area contributed by atoms with Crippen LogP contribution in [0, 0.1) is 4.91 Å². The molecule has 0 radical (unpaired) electrons. The van der Waals surface area contributed by atoms with E-state index in [0.29, 0.717) is 5.01 Å². The van der Waals surface area contributed by atoms with Crippen LogP contribution in [0.15, 0.2) is 5.29 Å². The van der Waals surface area contributed by atoms with Crippen molar-refractivity contribution in [2.75, 3.05) is 45.9 Å². The highest BCUT2D eigenvalue weighted by molar-refractivity contribution is 7.89. The van der Waals surface area contributed by atoms with Crippen molar-refractivity contribution in [2.45, 2.75) is 0 Å². The molecule has 0 atom stereocenters. The molecule has 0 aromatic rings. The van der Waals surface area contributed by atoms with Gasteiger partial charge in [-0.1, -0.05) is 0 Å². The summed E-state index contributed by atoms with van der Waals surface area (Å²) in [6.45, 7) is -0.0533. The van der Waals surface area contributed by atoms with Crippen molar-refractivity contribution in [2.24, 2.45) is 5.29 Å². The molecular formula is C8H17ClN4O4S. The van der Waals surface area contributed by atoms with Gasteiger partial charge in [-0.15, -0.1) is 16.5 Å². The van der Waals surface area contributed by atoms with Crippen molar-refractivity contribution in [3.8, 4) is 0 Å². The standard InChI is InChI=1S/C8H17ClN4O4S/c1-11(2)18(16,17)7-6-12(3)8(14)13(10-15)5-4-9/h4-7H2,1-3H3. The van der Waals surface area contributed by atoms with Crippen LogP contribution in [0.25, 0.3) is 0 Å². The molecule has 0 saturated carbocycles. The molecule has 10 heteroatoms. The van der Waals surface area contributed by atoms with Gasteiger partial charge >= 0.3 is 6.03 Å². The van der Waals surface area contributed by atoms with Gasteiger partial charge in [-0.25, -0.2) is 17.5 Å². The molecule has 0 aliphatic heterocycles. The number of rotatable bonds is 7. The quantitative estimate of drug-likeness (QED) is 0.380. The molecule has 2 amide bonds. The average Bonchev–Trinajstić information content (AvgIpc) is 2.32. The van der Waals surface area contributed by atoms with E-state index in [1.165, 1.54) is 21.1 Å². The van der Waals surface area contributed by atoms with Gasteiger partial charge in [0.2, 0.25) is 10.0 Å². The van der Waals surface area contributed by atoms with Crippen molar-refractivity contribution in [3.63, 3.8) is 0 Å². The fourth-order valence-corrected chi connectivity index (χ4v) is 2.01. The molecular weight excluding hydrogens is 284 g/mol. The molecule has 0 unspecified atom stereocenters.